The molecule has 0 aromatic heterocycles. The van der Waals surface area contributed by atoms with Crippen LogP contribution in [0.1, 0.15) is 96.8 Å². The summed E-state index contributed by atoms with van der Waals surface area (Å²) in [5, 5.41) is 0. The summed E-state index contributed by atoms with van der Waals surface area (Å²) in [6.45, 7) is 2.95. The summed E-state index contributed by atoms with van der Waals surface area (Å²) in [5.41, 5.74) is 5.09. The highest BCUT2D eigenvalue weighted by Gasteiger charge is 2.30. The highest BCUT2D eigenvalue weighted by atomic mass is 16.6. The van der Waals surface area contributed by atoms with Gasteiger partial charge in [-0.1, -0.05) is 84.0 Å². The number of ether oxygens (including phenoxy) is 2. The Morgan fingerprint density at radius 1 is 0.957 bits per heavy atom. The molecule has 0 saturated carbocycles. The average molecular weight is 328 g/mol. The highest BCUT2D eigenvalue weighted by molar-refractivity contribution is 5.64. The summed E-state index contributed by atoms with van der Waals surface area (Å²) in [4.78, 5) is 10.8. The summed E-state index contributed by atoms with van der Waals surface area (Å²) in [7, 11) is 0. The monoisotopic (exact) mass is 327 g/mol. The van der Waals surface area contributed by atoms with Crippen LogP contribution < -0.4 is 5.73 Å². The maximum absolute atomic E-state index is 10.8. The van der Waals surface area contributed by atoms with E-state index in [1.807, 2.05) is 0 Å². The van der Waals surface area contributed by atoms with E-state index in [-0.39, 0.29) is 12.2 Å². The molecule has 0 radical (unpaired) electrons. The van der Waals surface area contributed by atoms with Gasteiger partial charge in [0.2, 0.25) is 0 Å². The number of amides is 1. The molecule has 2 atom stereocenters. The lowest BCUT2D eigenvalue weighted by Crippen LogP contribution is -2.29. The van der Waals surface area contributed by atoms with Crippen LogP contribution in [-0.2, 0) is 9.47 Å². The fourth-order valence-corrected chi connectivity index (χ4v) is 3.37. The van der Waals surface area contributed by atoms with E-state index < -0.39 is 6.09 Å². The van der Waals surface area contributed by atoms with Gasteiger partial charge in [0.05, 0.1) is 12.7 Å². The summed E-state index contributed by atoms with van der Waals surface area (Å²) < 4.78 is 10.7. The zero-order chi connectivity index (χ0) is 16.8. The van der Waals surface area contributed by atoms with Gasteiger partial charge in [-0.15, -0.1) is 0 Å². The van der Waals surface area contributed by atoms with Crippen molar-refractivity contribution in [1.29, 1.82) is 0 Å². The van der Waals surface area contributed by atoms with E-state index in [1.165, 1.54) is 70.6 Å². The van der Waals surface area contributed by atoms with Crippen molar-refractivity contribution in [3.8, 4) is 0 Å². The first kappa shape index (κ1) is 20.3. The molecule has 1 aliphatic heterocycles. The Labute approximate surface area is 142 Å². The fourth-order valence-electron chi connectivity index (χ4n) is 3.37. The number of hydrogen-bond acceptors (Lipinski definition) is 3. The number of carbonyl (C=O) groups is 1. The van der Waals surface area contributed by atoms with E-state index in [9.17, 15) is 4.79 Å². The predicted octanol–water partition coefficient (Wildman–Crippen LogP) is 5.33. The smallest absolute Gasteiger partial charge is 0.404 e. The predicted molar refractivity (Wildman–Crippen MR) is 94.5 cm³/mol. The van der Waals surface area contributed by atoms with E-state index >= 15 is 0 Å². The third-order valence-electron chi connectivity index (χ3n) is 4.76. The maximum Gasteiger partial charge on any atom is 0.404 e. The Balaban J connectivity index is 1.85. The van der Waals surface area contributed by atoms with Gasteiger partial charge in [-0.3, -0.25) is 0 Å². The molecule has 1 saturated heterocycles. The van der Waals surface area contributed by atoms with Crippen LogP contribution in [0.25, 0.3) is 0 Å². The van der Waals surface area contributed by atoms with Crippen molar-refractivity contribution in [2.75, 3.05) is 6.61 Å². The van der Waals surface area contributed by atoms with Crippen molar-refractivity contribution >= 4 is 6.09 Å². The van der Waals surface area contributed by atoms with Gasteiger partial charge in [0.1, 0.15) is 6.10 Å². The number of nitrogens with two attached hydrogens (primary N) is 1. The molecule has 136 valence electrons. The molecule has 0 spiro atoms. The minimum absolute atomic E-state index is 0.0608. The number of rotatable bonds is 14. The average Bonchev–Trinajstić information content (AvgIpc) is 2.95. The molecule has 1 aliphatic rings. The van der Waals surface area contributed by atoms with Gasteiger partial charge in [0.25, 0.3) is 0 Å². The lowest BCUT2D eigenvalue weighted by atomic mass is 10.0. The van der Waals surface area contributed by atoms with E-state index in [0.717, 1.165) is 19.3 Å². The summed E-state index contributed by atoms with van der Waals surface area (Å²) in [6, 6.07) is 0. The standard InChI is InChI=1S/C19H37NO3/c1-2-3-4-5-6-7-8-9-10-11-12-13-14-17-18(15-16-22-17)23-19(20)21/h17-18H,2-16H2,1H3,(H2,20,21)/t17-,18-/m0/s1. The van der Waals surface area contributed by atoms with Crippen LogP contribution in [-0.4, -0.2) is 24.9 Å². The van der Waals surface area contributed by atoms with E-state index in [2.05, 4.69) is 6.92 Å². The largest absolute Gasteiger partial charge is 0.444 e. The normalized spacial score (nSPS) is 20.7. The van der Waals surface area contributed by atoms with Gasteiger partial charge in [-0.05, 0) is 6.42 Å². The highest BCUT2D eigenvalue weighted by Crippen LogP contribution is 2.22. The van der Waals surface area contributed by atoms with E-state index in [0.29, 0.717) is 6.61 Å². The molecule has 1 heterocycles. The summed E-state index contributed by atoms with van der Waals surface area (Å²) in [6.07, 6.45) is 17.2. The van der Waals surface area contributed by atoms with E-state index in [4.69, 9.17) is 15.2 Å². The first-order valence-electron chi connectivity index (χ1n) is 9.81. The molecule has 1 fully saturated rings. The Hall–Kier alpha value is -0.770. The Morgan fingerprint density at radius 3 is 2.00 bits per heavy atom. The second-order valence-corrected chi connectivity index (χ2v) is 6.85. The number of primary amides is 1. The zero-order valence-electron chi connectivity index (χ0n) is 15.1. The second kappa shape index (κ2) is 13.6. The van der Waals surface area contributed by atoms with Crippen molar-refractivity contribution in [2.45, 2.75) is 109 Å². The molecule has 4 nitrogen and oxygen atoms in total. The number of unbranched alkanes of at least 4 members (excludes halogenated alkanes) is 11. The first-order chi connectivity index (χ1) is 11.2. The van der Waals surface area contributed by atoms with Crippen molar-refractivity contribution in [3.63, 3.8) is 0 Å². The van der Waals surface area contributed by atoms with Crippen molar-refractivity contribution in [3.05, 3.63) is 0 Å². The molecule has 0 aliphatic carbocycles. The van der Waals surface area contributed by atoms with Crippen LogP contribution in [0.3, 0.4) is 0 Å². The molecule has 1 rings (SSSR count). The molecular formula is C19H37NO3. The SMILES string of the molecule is CCCCCCCCCCCCCC[C@@H]1OCC[C@@H]1OC(N)=O. The molecule has 2 N–H and O–H groups in total. The second-order valence-electron chi connectivity index (χ2n) is 6.85. The van der Waals surface area contributed by atoms with Gasteiger partial charge in [0, 0.05) is 6.42 Å². The van der Waals surface area contributed by atoms with Crippen molar-refractivity contribution < 1.29 is 14.3 Å². The van der Waals surface area contributed by atoms with Crippen LogP contribution in [0.2, 0.25) is 0 Å². The molecule has 0 unspecified atom stereocenters. The van der Waals surface area contributed by atoms with Gasteiger partial charge in [0.15, 0.2) is 0 Å². The number of hydrogen-bond donors (Lipinski definition) is 1. The minimum atomic E-state index is -0.680. The zero-order valence-corrected chi connectivity index (χ0v) is 15.1. The molecular weight excluding hydrogens is 290 g/mol. The van der Waals surface area contributed by atoms with Crippen molar-refractivity contribution in [2.24, 2.45) is 5.73 Å². The third-order valence-corrected chi connectivity index (χ3v) is 4.76. The van der Waals surface area contributed by atoms with E-state index in [1.54, 1.807) is 0 Å². The van der Waals surface area contributed by atoms with Crippen LogP contribution in [0.15, 0.2) is 0 Å². The molecule has 4 heteroatoms. The third kappa shape index (κ3) is 10.6. The van der Waals surface area contributed by atoms with Gasteiger partial charge in [-0.2, -0.15) is 0 Å². The van der Waals surface area contributed by atoms with Crippen LogP contribution in [0.5, 0.6) is 0 Å². The van der Waals surface area contributed by atoms with Gasteiger partial charge in [-0.25, -0.2) is 4.79 Å². The Bertz CT molecular complexity index is 296. The molecule has 0 aromatic rings. The van der Waals surface area contributed by atoms with Crippen LogP contribution in [0, 0.1) is 0 Å². The fraction of sp³-hybridized carbons (Fsp3) is 0.947. The Kier molecular flexibility index (Phi) is 12.0. The first-order valence-corrected chi connectivity index (χ1v) is 9.81. The quantitative estimate of drug-likeness (QED) is 0.439. The maximum atomic E-state index is 10.8. The Morgan fingerprint density at radius 2 is 1.48 bits per heavy atom. The topological polar surface area (TPSA) is 61.6 Å². The molecule has 0 aromatic carbocycles. The molecule has 0 bridgehead atoms. The van der Waals surface area contributed by atoms with Gasteiger partial charge < -0.3 is 15.2 Å². The van der Waals surface area contributed by atoms with Crippen LogP contribution >= 0.6 is 0 Å². The summed E-state index contributed by atoms with van der Waals surface area (Å²) >= 11 is 0. The minimum Gasteiger partial charge on any atom is -0.444 e. The van der Waals surface area contributed by atoms with Crippen molar-refractivity contribution in [1.82, 2.24) is 0 Å². The molecule has 23 heavy (non-hydrogen) atoms. The summed E-state index contributed by atoms with van der Waals surface area (Å²) in [5.74, 6) is 0. The van der Waals surface area contributed by atoms with Gasteiger partial charge >= 0.3 is 6.09 Å². The molecule has 1 amide bonds. The number of carbonyl (C=O) groups excluding carboxylic acids is 1. The lowest BCUT2D eigenvalue weighted by molar-refractivity contribution is 0.0235. The van der Waals surface area contributed by atoms with Crippen LogP contribution in [0.4, 0.5) is 4.79 Å². The lowest BCUT2D eigenvalue weighted by Gasteiger charge is -2.17.